The van der Waals surface area contributed by atoms with E-state index in [9.17, 15) is 4.79 Å². The van der Waals surface area contributed by atoms with Crippen molar-refractivity contribution in [3.63, 3.8) is 0 Å². The number of carbonyl (C=O) groups is 1. The molecule has 3 rings (SSSR count). The molecule has 3 aromatic rings. The molecule has 1 heterocycles. The van der Waals surface area contributed by atoms with E-state index in [2.05, 4.69) is 15.5 Å². The summed E-state index contributed by atoms with van der Waals surface area (Å²) in [7, 11) is 1.87. The van der Waals surface area contributed by atoms with Gasteiger partial charge in [-0.05, 0) is 24.7 Å². The van der Waals surface area contributed by atoms with E-state index in [-0.39, 0.29) is 5.91 Å². The van der Waals surface area contributed by atoms with Gasteiger partial charge in [0.15, 0.2) is 5.82 Å². The normalized spacial score (nSPS) is 12.1. The number of hydrogen-bond donors (Lipinski definition) is 1. The first-order valence-corrected chi connectivity index (χ1v) is 8.60. The predicted octanol–water partition coefficient (Wildman–Crippen LogP) is 3.44. The lowest BCUT2D eigenvalue weighted by Gasteiger charge is -2.26. The lowest BCUT2D eigenvalue weighted by Crippen LogP contribution is -2.34. The summed E-state index contributed by atoms with van der Waals surface area (Å²) in [4.78, 5) is 19.2. The summed E-state index contributed by atoms with van der Waals surface area (Å²) in [6.45, 7) is 2.35. The van der Waals surface area contributed by atoms with Gasteiger partial charge in [0.1, 0.15) is 6.04 Å². The zero-order chi connectivity index (χ0) is 18.4. The summed E-state index contributed by atoms with van der Waals surface area (Å²) in [5, 5.41) is 6.90. The number of amides is 1. The smallest absolute Gasteiger partial charge is 0.246 e. The van der Waals surface area contributed by atoms with Gasteiger partial charge < -0.3 is 9.84 Å². The first-order valence-electron chi connectivity index (χ1n) is 8.60. The average molecular weight is 350 g/mol. The Balaban J connectivity index is 1.81. The van der Waals surface area contributed by atoms with E-state index >= 15 is 0 Å². The summed E-state index contributed by atoms with van der Waals surface area (Å²) < 4.78 is 5.28. The Morgan fingerprint density at radius 3 is 2.38 bits per heavy atom. The summed E-state index contributed by atoms with van der Waals surface area (Å²) in [6.07, 6.45) is 0.712. The fourth-order valence-electron chi connectivity index (χ4n) is 2.78. The second-order valence-electron chi connectivity index (χ2n) is 6.04. The van der Waals surface area contributed by atoms with Crippen molar-refractivity contribution in [2.45, 2.75) is 25.9 Å². The van der Waals surface area contributed by atoms with Gasteiger partial charge in [-0.15, -0.1) is 0 Å². The number of nitrogens with one attached hydrogen (secondary N) is 1. The summed E-state index contributed by atoms with van der Waals surface area (Å²) in [5.41, 5.74) is 1.66. The maximum atomic E-state index is 13.0. The summed E-state index contributed by atoms with van der Waals surface area (Å²) in [5.74, 6) is 1.05. The van der Waals surface area contributed by atoms with E-state index in [1.54, 1.807) is 0 Å². The molecule has 0 spiro atoms. The molecule has 0 saturated carbocycles. The van der Waals surface area contributed by atoms with Crippen molar-refractivity contribution in [2.75, 3.05) is 12.4 Å². The van der Waals surface area contributed by atoms with Crippen LogP contribution < -0.4 is 5.32 Å². The van der Waals surface area contributed by atoms with E-state index in [0.717, 1.165) is 11.3 Å². The summed E-state index contributed by atoms with van der Waals surface area (Å²) >= 11 is 0. The molecule has 1 amide bonds. The third-order valence-corrected chi connectivity index (χ3v) is 4.06. The number of benzene rings is 2. The molecule has 0 radical (unpaired) electrons. The Morgan fingerprint density at radius 1 is 1.12 bits per heavy atom. The van der Waals surface area contributed by atoms with Crippen LogP contribution in [0.25, 0.3) is 0 Å². The number of hydrogen-bond acceptors (Lipinski definition) is 5. The number of aromatic nitrogens is 2. The van der Waals surface area contributed by atoms with Crippen LogP contribution in [0.3, 0.4) is 0 Å². The molecule has 1 aromatic heterocycles. The van der Waals surface area contributed by atoms with Gasteiger partial charge in [-0.3, -0.25) is 9.69 Å². The van der Waals surface area contributed by atoms with Crippen LogP contribution in [0, 0.1) is 0 Å². The van der Waals surface area contributed by atoms with E-state index in [1.165, 1.54) is 0 Å². The lowest BCUT2D eigenvalue weighted by atomic mass is 10.0. The number of rotatable bonds is 7. The van der Waals surface area contributed by atoms with Crippen LogP contribution in [0.15, 0.2) is 65.2 Å². The highest BCUT2D eigenvalue weighted by atomic mass is 16.5. The fourth-order valence-corrected chi connectivity index (χ4v) is 2.78. The molecule has 0 saturated heterocycles. The van der Waals surface area contributed by atoms with Crippen LogP contribution in [0.1, 0.15) is 30.2 Å². The van der Waals surface area contributed by atoms with E-state index in [1.807, 2.05) is 79.5 Å². The van der Waals surface area contributed by atoms with Gasteiger partial charge in [-0.1, -0.05) is 60.6 Å². The molecule has 26 heavy (non-hydrogen) atoms. The molecule has 134 valence electrons. The van der Waals surface area contributed by atoms with Crippen molar-refractivity contribution < 1.29 is 9.32 Å². The van der Waals surface area contributed by atoms with E-state index in [0.29, 0.717) is 24.7 Å². The van der Waals surface area contributed by atoms with Crippen LogP contribution in [-0.2, 0) is 17.8 Å². The van der Waals surface area contributed by atoms with Gasteiger partial charge in [0.05, 0.1) is 6.54 Å². The lowest BCUT2D eigenvalue weighted by molar-refractivity contribution is -0.121. The largest absolute Gasteiger partial charge is 0.338 e. The van der Waals surface area contributed by atoms with Crippen molar-refractivity contribution >= 4 is 11.6 Å². The minimum absolute atomic E-state index is 0.111. The molecule has 0 bridgehead atoms. The third-order valence-electron chi connectivity index (χ3n) is 4.06. The van der Waals surface area contributed by atoms with Crippen LogP contribution in [0.4, 0.5) is 5.69 Å². The maximum Gasteiger partial charge on any atom is 0.246 e. The second-order valence-corrected chi connectivity index (χ2v) is 6.04. The zero-order valence-corrected chi connectivity index (χ0v) is 14.9. The average Bonchev–Trinajstić information content (AvgIpc) is 3.11. The van der Waals surface area contributed by atoms with Crippen molar-refractivity contribution in [3.05, 3.63) is 77.9 Å². The number of nitrogens with zero attached hydrogens (tertiary/aromatic N) is 3. The second kappa shape index (κ2) is 8.40. The van der Waals surface area contributed by atoms with Crippen molar-refractivity contribution in [1.29, 1.82) is 0 Å². The standard InChI is InChI=1S/C20H22N4O2/c1-3-17-22-18(26-23-17)14-24(2)19(15-10-6-4-7-11-15)20(25)21-16-12-8-5-9-13-16/h4-13,19H,3,14H2,1-2H3,(H,21,25). The highest BCUT2D eigenvalue weighted by Crippen LogP contribution is 2.23. The molecule has 0 fully saturated rings. The van der Waals surface area contributed by atoms with Crippen LogP contribution in [-0.4, -0.2) is 28.0 Å². The Bertz CT molecular complexity index is 833. The van der Waals surface area contributed by atoms with Crippen molar-refractivity contribution in [2.24, 2.45) is 0 Å². The van der Waals surface area contributed by atoms with Gasteiger partial charge in [-0.2, -0.15) is 4.98 Å². The fraction of sp³-hybridized carbons (Fsp3) is 0.250. The topological polar surface area (TPSA) is 71.3 Å². The van der Waals surface area contributed by atoms with Crippen LogP contribution in [0.5, 0.6) is 0 Å². The quantitative estimate of drug-likeness (QED) is 0.707. The third kappa shape index (κ3) is 4.34. The first kappa shape index (κ1) is 17.8. The molecule has 0 aliphatic rings. The Hall–Kier alpha value is -2.99. The van der Waals surface area contributed by atoms with Crippen molar-refractivity contribution in [1.82, 2.24) is 15.0 Å². The molecular weight excluding hydrogens is 328 g/mol. The molecule has 2 aromatic carbocycles. The predicted molar refractivity (Wildman–Crippen MR) is 99.4 cm³/mol. The van der Waals surface area contributed by atoms with Crippen molar-refractivity contribution in [3.8, 4) is 0 Å². The van der Waals surface area contributed by atoms with Gasteiger partial charge in [-0.25, -0.2) is 0 Å². The number of likely N-dealkylation sites (N-methyl/N-ethyl adjacent to an activating group) is 1. The number of anilines is 1. The van der Waals surface area contributed by atoms with Gasteiger partial charge in [0.25, 0.3) is 0 Å². The number of para-hydroxylation sites is 1. The van der Waals surface area contributed by atoms with Gasteiger partial charge in [0.2, 0.25) is 11.8 Å². The number of aryl methyl sites for hydroxylation is 1. The minimum Gasteiger partial charge on any atom is -0.338 e. The SMILES string of the molecule is CCc1noc(CN(C)C(C(=O)Nc2ccccc2)c2ccccc2)n1. The highest BCUT2D eigenvalue weighted by Gasteiger charge is 2.26. The molecule has 6 heteroatoms. The maximum absolute atomic E-state index is 13.0. The van der Waals surface area contributed by atoms with Gasteiger partial charge >= 0.3 is 0 Å². The molecule has 0 aliphatic carbocycles. The molecule has 1 N–H and O–H groups in total. The molecule has 1 unspecified atom stereocenters. The Kier molecular flexibility index (Phi) is 5.76. The van der Waals surface area contributed by atoms with Crippen LogP contribution in [0.2, 0.25) is 0 Å². The number of carbonyl (C=O) groups excluding carboxylic acids is 1. The molecule has 1 atom stereocenters. The summed E-state index contributed by atoms with van der Waals surface area (Å²) in [6, 6.07) is 18.6. The van der Waals surface area contributed by atoms with E-state index in [4.69, 9.17) is 4.52 Å². The Labute approximate surface area is 152 Å². The zero-order valence-electron chi connectivity index (χ0n) is 14.9. The van der Waals surface area contributed by atoms with Gasteiger partial charge in [0, 0.05) is 12.1 Å². The monoisotopic (exact) mass is 350 g/mol. The minimum atomic E-state index is -0.478. The molecular formula is C20H22N4O2. The Morgan fingerprint density at radius 2 is 1.77 bits per heavy atom. The first-order chi connectivity index (χ1) is 12.7. The van der Waals surface area contributed by atoms with Crippen LogP contribution >= 0.6 is 0 Å². The molecule has 6 nitrogen and oxygen atoms in total. The molecule has 0 aliphatic heterocycles. The highest BCUT2D eigenvalue weighted by molar-refractivity contribution is 5.95. The van der Waals surface area contributed by atoms with E-state index < -0.39 is 6.04 Å².